The summed E-state index contributed by atoms with van der Waals surface area (Å²) < 4.78 is 345. The van der Waals surface area contributed by atoms with Gasteiger partial charge in [-0.15, -0.1) is 0 Å². The summed E-state index contributed by atoms with van der Waals surface area (Å²) in [6.45, 7) is 2.53. The number of hydrogen-bond donors (Lipinski definition) is 0. The number of rotatable bonds is 9. The highest BCUT2D eigenvalue weighted by Crippen LogP contribution is 2.75. The van der Waals surface area contributed by atoms with Gasteiger partial charge < -0.3 is 4.74 Å². The summed E-state index contributed by atoms with van der Waals surface area (Å²) in [5.74, 6) is -104. The van der Waals surface area contributed by atoms with Crippen LogP contribution in [0.15, 0.2) is 12.2 Å². The third-order valence-corrected chi connectivity index (χ3v) is 5.78. The summed E-state index contributed by atoms with van der Waals surface area (Å²) in [5.41, 5.74) is -11.2. The van der Waals surface area contributed by atoms with E-state index in [1.165, 1.54) is 0 Å². The van der Waals surface area contributed by atoms with Crippen LogP contribution < -0.4 is 0 Å². The third kappa shape index (κ3) is 3.83. The molecule has 0 atom stereocenters. The lowest BCUT2D eigenvalue weighted by Crippen LogP contribution is -2.90. The van der Waals surface area contributed by atoms with E-state index in [0.717, 1.165) is 0 Å². The molecular weight excluding hydrogens is 711 g/mol. The van der Waals surface area contributed by atoms with Gasteiger partial charge in [-0.05, 0) is 6.92 Å². The molecule has 0 N–H and O–H groups in total. The molecule has 1 aliphatic carbocycles. The monoisotopic (exact) mass is 716 g/mol. The first-order chi connectivity index (χ1) is 18.6. The highest BCUT2D eigenvalue weighted by atomic mass is 19.4. The predicted molar refractivity (Wildman–Crippen MR) is 84.1 cm³/mol. The highest BCUT2D eigenvalue weighted by Gasteiger charge is 3.09. The summed E-state index contributed by atoms with van der Waals surface area (Å²) in [6.07, 6.45) is -7.63. The van der Waals surface area contributed by atoms with Crippen molar-refractivity contribution >= 4 is 5.97 Å². The zero-order valence-corrected chi connectivity index (χ0v) is 19.5. The standard InChI is InChI=1S/C17H5F25O2/c1-3(2)4(43)44-17(41,42)16(39,40)15(37,38)14(35,36)13(33,34)11(29,30)8(23,24)5(18)6(19,20)9(25,26)12(31,32)10(27,28)7(5,21)22/h1H2,2H3. The van der Waals surface area contributed by atoms with Gasteiger partial charge in [-0.2, -0.15) is 105 Å². The van der Waals surface area contributed by atoms with Crippen molar-refractivity contribution in [3.05, 3.63) is 12.2 Å². The maximum absolute atomic E-state index is 14.5. The molecule has 0 heterocycles. The Hall–Kier alpha value is -2.54. The molecule has 260 valence electrons. The van der Waals surface area contributed by atoms with Gasteiger partial charge >= 0.3 is 82.9 Å². The van der Waals surface area contributed by atoms with Gasteiger partial charge in [0.2, 0.25) is 0 Å². The fourth-order valence-electron chi connectivity index (χ4n) is 3.07. The summed E-state index contributed by atoms with van der Waals surface area (Å²) in [6, 6.07) is 0. The van der Waals surface area contributed by atoms with Crippen LogP contribution in [-0.4, -0.2) is 82.9 Å². The lowest BCUT2D eigenvalue weighted by Gasteiger charge is -2.55. The number of ether oxygens (including phenoxy) is 1. The van der Waals surface area contributed by atoms with Crippen LogP contribution in [0.4, 0.5) is 110 Å². The quantitative estimate of drug-likeness (QED) is 0.136. The summed E-state index contributed by atoms with van der Waals surface area (Å²) in [4.78, 5) is 10.9. The number of carbonyl (C=O) groups excluding carboxylic acids is 1. The van der Waals surface area contributed by atoms with E-state index < -0.39 is 88.5 Å². The van der Waals surface area contributed by atoms with Crippen molar-refractivity contribution in [2.75, 3.05) is 0 Å². The maximum atomic E-state index is 14.5. The van der Waals surface area contributed by atoms with Crippen LogP contribution in [0, 0.1) is 0 Å². The molecule has 2 nitrogen and oxygen atoms in total. The van der Waals surface area contributed by atoms with Gasteiger partial charge in [0.25, 0.3) is 0 Å². The smallest absolute Gasteiger partial charge is 0.393 e. The second-order valence-corrected chi connectivity index (χ2v) is 8.66. The Morgan fingerprint density at radius 2 is 0.727 bits per heavy atom. The van der Waals surface area contributed by atoms with Crippen molar-refractivity contribution in [2.24, 2.45) is 0 Å². The van der Waals surface area contributed by atoms with Crippen molar-refractivity contribution in [1.29, 1.82) is 0 Å². The van der Waals surface area contributed by atoms with Crippen molar-refractivity contribution in [3.8, 4) is 0 Å². The van der Waals surface area contributed by atoms with Crippen LogP contribution in [0.5, 0.6) is 0 Å². The number of hydrogen-bond acceptors (Lipinski definition) is 2. The lowest BCUT2D eigenvalue weighted by molar-refractivity contribution is -0.527. The van der Waals surface area contributed by atoms with Gasteiger partial charge in [-0.3, -0.25) is 0 Å². The van der Waals surface area contributed by atoms with E-state index in [2.05, 4.69) is 11.3 Å². The first-order valence-corrected chi connectivity index (χ1v) is 9.69. The van der Waals surface area contributed by atoms with E-state index in [4.69, 9.17) is 0 Å². The second-order valence-electron chi connectivity index (χ2n) is 8.66. The number of esters is 1. The van der Waals surface area contributed by atoms with Crippen LogP contribution in [0.25, 0.3) is 0 Å². The molecule has 0 saturated heterocycles. The maximum Gasteiger partial charge on any atom is 0.473 e. The van der Waals surface area contributed by atoms with Gasteiger partial charge in [0.15, 0.2) is 0 Å². The van der Waals surface area contributed by atoms with E-state index in [9.17, 15) is 115 Å². The van der Waals surface area contributed by atoms with Crippen LogP contribution in [0.1, 0.15) is 6.92 Å². The van der Waals surface area contributed by atoms with Gasteiger partial charge in [0.1, 0.15) is 0 Å². The molecule has 1 saturated carbocycles. The molecule has 1 rings (SSSR count). The molecule has 0 spiro atoms. The zero-order valence-electron chi connectivity index (χ0n) is 19.5. The van der Waals surface area contributed by atoms with Gasteiger partial charge in [0.05, 0.1) is 0 Å². The Morgan fingerprint density at radius 3 is 1.02 bits per heavy atom. The number of carbonyl (C=O) groups is 1. The molecule has 0 aromatic rings. The molecule has 44 heavy (non-hydrogen) atoms. The normalized spacial score (nSPS) is 23.6. The minimum Gasteiger partial charge on any atom is -0.393 e. The summed E-state index contributed by atoms with van der Waals surface area (Å²) in [7, 11) is 0. The van der Waals surface area contributed by atoms with Gasteiger partial charge in [0, 0.05) is 5.57 Å². The van der Waals surface area contributed by atoms with Crippen LogP contribution in [-0.2, 0) is 9.53 Å². The van der Waals surface area contributed by atoms with E-state index in [1.807, 2.05) is 0 Å². The van der Waals surface area contributed by atoms with E-state index in [-0.39, 0.29) is 6.92 Å². The molecule has 0 radical (unpaired) electrons. The Kier molecular flexibility index (Phi) is 8.31. The Labute approximate surface area is 222 Å². The molecule has 27 heteroatoms. The average Bonchev–Trinajstić information content (AvgIpc) is 2.80. The van der Waals surface area contributed by atoms with Crippen molar-refractivity contribution in [1.82, 2.24) is 0 Å². The highest BCUT2D eigenvalue weighted by molar-refractivity contribution is 5.87. The van der Waals surface area contributed by atoms with Crippen molar-refractivity contribution in [2.45, 2.75) is 83.8 Å². The van der Waals surface area contributed by atoms with E-state index in [0.29, 0.717) is 0 Å². The molecule has 0 aliphatic heterocycles. The van der Waals surface area contributed by atoms with Crippen molar-refractivity contribution in [3.63, 3.8) is 0 Å². The molecule has 0 aromatic heterocycles. The Balaban J connectivity index is 4.12. The van der Waals surface area contributed by atoms with Crippen molar-refractivity contribution < 1.29 is 119 Å². The fourth-order valence-corrected chi connectivity index (χ4v) is 3.07. The largest absolute Gasteiger partial charge is 0.473 e. The number of alkyl halides is 25. The Bertz CT molecular complexity index is 1150. The molecule has 0 aromatic carbocycles. The summed E-state index contributed by atoms with van der Waals surface area (Å²) >= 11 is 0. The predicted octanol–water partition coefficient (Wildman–Crippen LogP) is 8.41. The van der Waals surface area contributed by atoms with Crippen LogP contribution in [0.3, 0.4) is 0 Å². The zero-order chi connectivity index (χ0) is 36.4. The molecule has 1 fully saturated rings. The molecule has 1 aliphatic rings. The third-order valence-electron chi connectivity index (χ3n) is 5.78. The molecule has 0 amide bonds. The van der Waals surface area contributed by atoms with E-state index >= 15 is 0 Å². The fraction of sp³-hybridized carbons (Fsp3) is 0.824. The molecule has 0 unspecified atom stereocenters. The minimum atomic E-state index is -9.89. The molecular formula is C17H5F25O2. The molecule has 0 bridgehead atoms. The first-order valence-electron chi connectivity index (χ1n) is 9.69. The minimum absolute atomic E-state index is 0.201. The SMILES string of the molecule is C=C(C)C(=O)OC(F)(F)C(F)(F)C(F)(F)C(F)(F)C(F)(F)C(F)(F)C(F)(F)C1(F)C(F)(F)C(F)(F)C(F)(F)C(F)(F)C1(F)F. The average molecular weight is 716 g/mol. The summed E-state index contributed by atoms with van der Waals surface area (Å²) in [5, 5.41) is 0. The van der Waals surface area contributed by atoms with Crippen LogP contribution >= 0.6 is 0 Å². The first kappa shape index (κ1) is 39.5. The van der Waals surface area contributed by atoms with Gasteiger partial charge in [-0.25, -0.2) is 9.18 Å². The lowest BCUT2D eigenvalue weighted by atomic mass is 9.67. The topological polar surface area (TPSA) is 26.3 Å². The van der Waals surface area contributed by atoms with E-state index in [1.54, 1.807) is 0 Å². The Morgan fingerprint density at radius 1 is 0.477 bits per heavy atom. The second kappa shape index (κ2) is 9.27. The van der Waals surface area contributed by atoms with Crippen LogP contribution in [0.2, 0.25) is 0 Å². The van der Waals surface area contributed by atoms with Gasteiger partial charge in [-0.1, -0.05) is 6.58 Å². The number of halogens is 25.